The zero-order chi connectivity index (χ0) is 11.1. The van der Waals surface area contributed by atoms with Crippen LogP contribution in [-0.2, 0) is 10.0 Å². The number of hydrogen-bond acceptors (Lipinski definition) is 2. The van der Waals surface area contributed by atoms with Gasteiger partial charge in [-0.1, -0.05) is 40.2 Å². The third kappa shape index (κ3) is 2.04. The summed E-state index contributed by atoms with van der Waals surface area (Å²) in [5.74, 6) is 0. The molecule has 0 saturated carbocycles. The van der Waals surface area contributed by atoms with E-state index in [1.165, 1.54) is 6.07 Å². The average Bonchev–Trinajstić information content (AvgIpc) is 2.16. The Labute approximate surface area is 96.1 Å². The minimum absolute atomic E-state index is 0.119. The zero-order valence-corrected chi connectivity index (χ0v) is 10.0. The highest BCUT2D eigenvalue weighted by Gasteiger charge is 2.10. The summed E-state index contributed by atoms with van der Waals surface area (Å²) in [4.78, 5) is 0.119. The van der Waals surface area contributed by atoms with Crippen molar-refractivity contribution in [3.63, 3.8) is 0 Å². The van der Waals surface area contributed by atoms with Gasteiger partial charge in [0.15, 0.2) is 0 Å². The van der Waals surface area contributed by atoms with Crippen LogP contribution < -0.4 is 5.14 Å². The first-order chi connectivity index (χ1) is 6.98. The highest BCUT2D eigenvalue weighted by molar-refractivity contribution is 9.10. The molecule has 0 heterocycles. The number of sulfonamides is 1. The molecule has 0 aliphatic heterocycles. The molecule has 0 radical (unpaired) electrons. The molecule has 0 saturated heterocycles. The second kappa shape index (κ2) is 3.59. The molecule has 5 heteroatoms. The molecule has 2 N–H and O–H groups in total. The predicted octanol–water partition coefficient (Wildman–Crippen LogP) is 2.25. The van der Waals surface area contributed by atoms with Gasteiger partial charge in [-0.15, -0.1) is 0 Å². The van der Waals surface area contributed by atoms with E-state index in [9.17, 15) is 8.42 Å². The highest BCUT2D eigenvalue weighted by atomic mass is 79.9. The Bertz CT molecular complexity index is 622. The number of nitrogens with two attached hydrogens (primary N) is 1. The Hall–Kier alpha value is -0.910. The average molecular weight is 286 g/mol. The van der Waals surface area contributed by atoms with Crippen molar-refractivity contribution >= 4 is 36.7 Å². The van der Waals surface area contributed by atoms with E-state index >= 15 is 0 Å². The molecular formula is C10H8BrNO2S. The normalized spacial score (nSPS) is 11.9. The van der Waals surface area contributed by atoms with Gasteiger partial charge in [0.2, 0.25) is 10.0 Å². The molecule has 0 amide bonds. The van der Waals surface area contributed by atoms with Crippen molar-refractivity contribution < 1.29 is 8.42 Å². The van der Waals surface area contributed by atoms with E-state index in [2.05, 4.69) is 15.9 Å². The summed E-state index contributed by atoms with van der Waals surface area (Å²) in [5.41, 5.74) is 0. The molecule has 2 aromatic carbocycles. The number of primary sulfonamides is 1. The van der Waals surface area contributed by atoms with Gasteiger partial charge in [0.05, 0.1) is 4.90 Å². The summed E-state index contributed by atoms with van der Waals surface area (Å²) in [6, 6.07) is 10.6. The van der Waals surface area contributed by atoms with Crippen molar-refractivity contribution in [2.24, 2.45) is 5.14 Å². The smallest absolute Gasteiger partial charge is 0.225 e. The first kappa shape index (κ1) is 10.6. The van der Waals surface area contributed by atoms with Gasteiger partial charge in [-0.3, -0.25) is 0 Å². The van der Waals surface area contributed by atoms with Gasteiger partial charge in [-0.2, -0.15) is 0 Å². The maximum absolute atomic E-state index is 11.2. The van der Waals surface area contributed by atoms with E-state index in [1.807, 2.05) is 24.3 Å². The summed E-state index contributed by atoms with van der Waals surface area (Å²) >= 11 is 3.32. The van der Waals surface area contributed by atoms with E-state index < -0.39 is 10.0 Å². The third-order valence-electron chi connectivity index (χ3n) is 2.11. The second-order valence-corrected chi connectivity index (χ2v) is 5.59. The molecule has 2 rings (SSSR count). The van der Waals surface area contributed by atoms with Crippen LogP contribution in [-0.4, -0.2) is 8.42 Å². The van der Waals surface area contributed by atoms with Crippen LogP contribution in [0.15, 0.2) is 45.8 Å². The zero-order valence-electron chi connectivity index (χ0n) is 7.64. The van der Waals surface area contributed by atoms with E-state index in [-0.39, 0.29) is 4.90 Å². The first-order valence-electron chi connectivity index (χ1n) is 4.19. The van der Waals surface area contributed by atoms with Crippen LogP contribution in [0.5, 0.6) is 0 Å². The predicted molar refractivity (Wildman–Crippen MR) is 63.0 cm³/mol. The van der Waals surface area contributed by atoms with Crippen LogP contribution >= 0.6 is 15.9 Å². The van der Waals surface area contributed by atoms with E-state index in [1.54, 1.807) is 6.07 Å². The number of rotatable bonds is 1. The second-order valence-electron chi connectivity index (χ2n) is 3.17. The molecule has 0 atom stereocenters. The van der Waals surface area contributed by atoms with Crippen LogP contribution in [0.2, 0.25) is 0 Å². The van der Waals surface area contributed by atoms with Gasteiger partial charge in [0.25, 0.3) is 0 Å². The fraction of sp³-hybridized carbons (Fsp3) is 0. The molecule has 0 aliphatic rings. The molecule has 3 nitrogen and oxygen atoms in total. The number of halogens is 1. The van der Waals surface area contributed by atoms with Gasteiger partial charge in [-0.25, -0.2) is 13.6 Å². The molecule has 0 bridgehead atoms. The summed E-state index contributed by atoms with van der Waals surface area (Å²) in [7, 11) is -3.65. The lowest BCUT2D eigenvalue weighted by Gasteiger charge is -2.04. The molecule has 0 spiro atoms. The van der Waals surface area contributed by atoms with Crippen LogP contribution in [0, 0.1) is 0 Å². The van der Waals surface area contributed by atoms with E-state index in [4.69, 9.17) is 5.14 Å². The molecule has 78 valence electrons. The van der Waals surface area contributed by atoms with Crippen molar-refractivity contribution in [2.45, 2.75) is 4.90 Å². The fourth-order valence-corrected chi connectivity index (χ4v) is 2.73. The molecule has 2 aromatic rings. The Kier molecular flexibility index (Phi) is 2.54. The standard InChI is InChI=1S/C10H8BrNO2S/c11-10-6-8(15(12,13)14)5-7-3-1-2-4-9(7)10/h1-6H,(H2,12,13,14). The molecule has 0 unspecified atom stereocenters. The monoisotopic (exact) mass is 285 g/mol. The Morgan fingerprint density at radius 2 is 1.80 bits per heavy atom. The lowest BCUT2D eigenvalue weighted by molar-refractivity contribution is 0.598. The molecule has 0 fully saturated rings. The van der Waals surface area contributed by atoms with Gasteiger partial charge < -0.3 is 0 Å². The summed E-state index contributed by atoms with van der Waals surface area (Å²) in [6.07, 6.45) is 0. The Morgan fingerprint density at radius 1 is 1.13 bits per heavy atom. The summed E-state index contributed by atoms with van der Waals surface area (Å²) in [6.45, 7) is 0. The van der Waals surface area contributed by atoms with Gasteiger partial charge in [-0.05, 0) is 22.9 Å². The number of fused-ring (bicyclic) bond motifs is 1. The van der Waals surface area contributed by atoms with Crippen LogP contribution in [0.25, 0.3) is 10.8 Å². The quantitative estimate of drug-likeness (QED) is 0.874. The summed E-state index contributed by atoms with van der Waals surface area (Å²) in [5, 5.41) is 6.87. The largest absolute Gasteiger partial charge is 0.238 e. The van der Waals surface area contributed by atoms with Crippen molar-refractivity contribution in [3.05, 3.63) is 40.9 Å². The van der Waals surface area contributed by atoms with Crippen LogP contribution in [0.3, 0.4) is 0 Å². The molecule has 0 aliphatic carbocycles. The van der Waals surface area contributed by atoms with Gasteiger partial charge in [0.1, 0.15) is 0 Å². The van der Waals surface area contributed by atoms with Gasteiger partial charge >= 0.3 is 0 Å². The van der Waals surface area contributed by atoms with Crippen molar-refractivity contribution in [2.75, 3.05) is 0 Å². The number of hydrogen-bond donors (Lipinski definition) is 1. The molecule has 15 heavy (non-hydrogen) atoms. The van der Waals surface area contributed by atoms with Crippen molar-refractivity contribution in [3.8, 4) is 0 Å². The minimum Gasteiger partial charge on any atom is -0.225 e. The summed E-state index contributed by atoms with van der Waals surface area (Å²) < 4.78 is 23.1. The Balaban J connectivity index is 2.85. The van der Waals surface area contributed by atoms with Crippen molar-refractivity contribution in [1.29, 1.82) is 0 Å². The SMILES string of the molecule is NS(=O)(=O)c1cc(Br)c2ccccc2c1. The molecular weight excluding hydrogens is 278 g/mol. The number of benzene rings is 2. The maximum atomic E-state index is 11.2. The fourth-order valence-electron chi connectivity index (χ4n) is 1.40. The lowest BCUT2D eigenvalue weighted by atomic mass is 10.1. The minimum atomic E-state index is -3.65. The topological polar surface area (TPSA) is 60.2 Å². The van der Waals surface area contributed by atoms with E-state index in [0.29, 0.717) is 0 Å². The first-order valence-corrected chi connectivity index (χ1v) is 6.53. The van der Waals surface area contributed by atoms with Crippen LogP contribution in [0.4, 0.5) is 0 Å². The third-order valence-corrected chi connectivity index (χ3v) is 3.66. The van der Waals surface area contributed by atoms with Crippen molar-refractivity contribution in [1.82, 2.24) is 0 Å². The van der Waals surface area contributed by atoms with Crippen LogP contribution in [0.1, 0.15) is 0 Å². The molecule has 0 aromatic heterocycles. The lowest BCUT2D eigenvalue weighted by Crippen LogP contribution is -2.12. The Morgan fingerprint density at radius 3 is 2.47 bits per heavy atom. The van der Waals surface area contributed by atoms with Gasteiger partial charge in [0, 0.05) is 4.47 Å². The maximum Gasteiger partial charge on any atom is 0.238 e. The highest BCUT2D eigenvalue weighted by Crippen LogP contribution is 2.27. The van der Waals surface area contributed by atoms with E-state index in [0.717, 1.165) is 15.2 Å².